The summed E-state index contributed by atoms with van der Waals surface area (Å²) < 4.78 is 16.2. The standard InChI is InChI=1S/C23H21N3O4S/c1-13-5-10-19-17(11-13)18(12-20(30-19)15-6-8-16(28-3)9-7-15)25-26-23-24-14(2)21(31-23)22(27)29-4/h5-12H,1-4H3,(H,24,26). The molecule has 2 aromatic carbocycles. The molecule has 158 valence electrons. The number of carbonyl (C=O) groups is 1. The maximum atomic E-state index is 11.8. The fourth-order valence-electron chi connectivity index (χ4n) is 3.11. The Labute approximate surface area is 183 Å². The third-order valence-corrected chi connectivity index (χ3v) is 5.75. The van der Waals surface area contributed by atoms with E-state index in [0.717, 1.165) is 22.3 Å². The Balaban J connectivity index is 1.79. The molecular formula is C23H21N3O4S. The number of nitrogens with zero attached hydrogens (tertiary/aromatic N) is 2. The van der Waals surface area contributed by atoms with E-state index in [4.69, 9.17) is 13.9 Å². The van der Waals surface area contributed by atoms with Crippen molar-refractivity contribution in [2.75, 3.05) is 19.6 Å². The van der Waals surface area contributed by atoms with Gasteiger partial charge in [-0.3, -0.25) is 5.43 Å². The molecule has 4 aromatic rings. The second kappa shape index (κ2) is 8.61. The number of aromatic nitrogens is 1. The fourth-order valence-corrected chi connectivity index (χ4v) is 3.93. The first-order valence-corrected chi connectivity index (χ1v) is 10.3. The van der Waals surface area contributed by atoms with Gasteiger partial charge in [-0.05, 0) is 50.2 Å². The van der Waals surface area contributed by atoms with E-state index in [0.29, 0.717) is 32.4 Å². The van der Waals surface area contributed by atoms with E-state index in [1.165, 1.54) is 18.4 Å². The zero-order chi connectivity index (χ0) is 22.0. The van der Waals surface area contributed by atoms with E-state index >= 15 is 0 Å². The van der Waals surface area contributed by atoms with E-state index in [1.54, 1.807) is 14.0 Å². The number of methoxy groups -OCH3 is 2. The summed E-state index contributed by atoms with van der Waals surface area (Å²) in [4.78, 5) is 16.7. The average molecular weight is 436 g/mol. The third-order valence-electron chi connectivity index (χ3n) is 4.71. The Kier molecular flexibility index (Phi) is 5.73. The van der Waals surface area contributed by atoms with Crippen LogP contribution in [0.5, 0.6) is 5.75 Å². The van der Waals surface area contributed by atoms with Gasteiger partial charge in [0.05, 0.1) is 25.3 Å². The number of rotatable bonds is 5. The molecular weight excluding hydrogens is 414 g/mol. The van der Waals surface area contributed by atoms with Crippen molar-refractivity contribution in [2.45, 2.75) is 13.8 Å². The molecule has 0 radical (unpaired) electrons. The van der Waals surface area contributed by atoms with Gasteiger partial charge in [0.1, 0.15) is 22.0 Å². The highest BCUT2D eigenvalue weighted by Gasteiger charge is 2.15. The molecule has 0 unspecified atom stereocenters. The Morgan fingerprint density at radius 1 is 1.10 bits per heavy atom. The molecule has 0 amide bonds. The largest absolute Gasteiger partial charge is 0.497 e. The molecule has 2 aromatic heterocycles. The van der Waals surface area contributed by atoms with Crippen molar-refractivity contribution in [2.24, 2.45) is 5.10 Å². The monoisotopic (exact) mass is 435 g/mol. The number of esters is 1. The second-order valence-electron chi connectivity index (χ2n) is 6.87. The normalized spacial score (nSPS) is 11.5. The van der Waals surface area contributed by atoms with Crippen LogP contribution in [0.1, 0.15) is 20.9 Å². The first-order valence-electron chi connectivity index (χ1n) is 9.53. The van der Waals surface area contributed by atoms with Crippen LogP contribution in [0.25, 0.3) is 22.3 Å². The van der Waals surface area contributed by atoms with Crippen LogP contribution in [0, 0.1) is 13.8 Å². The number of hydrogen-bond donors (Lipinski definition) is 1. The lowest BCUT2D eigenvalue weighted by molar-refractivity contribution is 0.0605. The zero-order valence-electron chi connectivity index (χ0n) is 17.6. The van der Waals surface area contributed by atoms with Gasteiger partial charge in [0.15, 0.2) is 0 Å². The highest BCUT2D eigenvalue weighted by molar-refractivity contribution is 7.17. The molecule has 7 nitrogen and oxygen atoms in total. The van der Waals surface area contributed by atoms with E-state index in [-0.39, 0.29) is 0 Å². The number of anilines is 1. The average Bonchev–Trinajstić information content (AvgIpc) is 3.17. The summed E-state index contributed by atoms with van der Waals surface area (Å²) in [6.07, 6.45) is 0. The fraction of sp³-hybridized carbons (Fsp3) is 0.174. The lowest BCUT2D eigenvalue weighted by atomic mass is 10.1. The van der Waals surface area contributed by atoms with Crippen LogP contribution < -0.4 is 15.5 Å². The van der Waals surface area contributed by atoms with E-state index in [2.05, 4.69) is 15.5 Å². The lowest BCUT2D eigenvalue weighted by Gasteiger charge is -2.07. The molecule has 0 saturated carbocycles. The van der Waals surface area contributed by atoms with Crippen molar-refractivity contribution in [3.8, 4) is 17.1 Å². The first kappa shape index (κ1) is 20.6. The number of fused-ring (bicyclic) bond motifs is 1. The number of nitrogens with one attached hydrogen (secondary N) is 1. The summed E-state index contributed by atoms with van der Waals surface area (Å²) in [6.45, 7) is 3.77. The van der Waals surface area contributed by atoms with Crippen molar-refractivity contribution in [1.29, 1.82) is 0 Å². The molecule has 2 heterocycles. The van der Waals surface area contributed by atoms with Gasteiger partial charge in [-0.1, -0.05) is 23.0 Å². The van der Waals surface area contributed by atoms with Crippen molar-refractivity contribution >= 4 is 33.4 Å². The van der Waals surface area contributed by atoms with Gasteiger partial charge < -0.3 is 13.9 Å². The third kappa shape index (κ3) is 4.29. The SMILES string of the molecule is COC(=O)c1sc(NN=c2cc(-c3ccc(OC)cc3)oc3ccc(C)cc23)nc1C. The maximum Gasteiger partial charge on any atom is 0.350 e. The molecule has 0 fully saturated rings. The summed E-state index contributed by atoms with van der Waals surface area (Å²) in [5.74, 6) is 1.03. The Morgan fingerprint density at radius 3 is 2.58 bits per heavy atom. The number of carbonyl (C=O) groups excluding carboxylic acids is 1. The zero-order valence-corrected chi connectivity index (χ0v) is 18.4. The minimum Gasteiger partial charge on any atom is -0.497 e. The minimum atomic E-state index is -0.413. The number of ether oxygens (including phenoxy) is 2. The summed E-state index contributed by atoms with van der Waals surface area (Å²) in [5, 5.41) is 6.64. The number of thiazole rings is 1. The molecule has 0 bridgehead atoms. The molecule has 0 spiro atoms. The van der Waals surface area contributed by atoms with Crippen LogP contribution in [0.3, 0.4) is 0 Å². The quantitative estimate of drug-likeness (QED) is 0.355. The van der Waals surface area contributed by atoms with Gasteiger partial charge in [-0.2, -0.15) is 5.10 Å². The molecule has 0 aliphatic rings. The van der Waals surface area contributed by atoms with Crippen LogP contribution in [-0.2, 0) is 4.74 Å². The van der Waals surface area contributed by atoms with Crippen molar-refractivity contribution < 1.29 is 18.7 Å². The molecule has 0 aliphatic heterocycles. The van der Waals surface area contributed by atoms with Gasteiger partial charge in [0, 0.05) is 17.0 Å². The van der Waals surface area contributed by atoms with E-state index in [9.17, 15) is 4.79 Å². The van der Waals surface area contributed by atoms with Gasteiger partial charge in [-0.25, -0.2) is 9.78 Å². The minimum absolute atomic E-state index is 0.413. The van der Waals surface area contributed by atoms with Crippen LogP contribution in [0.4, 0.5) is 5.13 Å². The van der Waals surface area contributed by atoms with Crippen LogP contribution in [0.15, 0.2) is 58.0 Å². The topological polar surface area (TPSA) is 86.0 Å². The Bertz CT molecular complexity index is 1320. The molecule has 31 heavy (non-hydrogen) atoms. The summed E-state index contributed by atoms with van der Waals surface area (Å²) in [7, 11) is 2.98. The predicted octanol–water partition coefficient (Wildman–Crippen LogP) is 4.90. The lowest BCUT2D eigenvalue weighted by Crippen LogP contribution is -2.07. The molecule has 8 heteroatoms. The summed E-state index contributed by atoms with van der Waals surface area (Å²) in [5.41, 5.74) is 6.27. The van der Waals surface area contributed by atoms with Crippen molar-refractivity contribution in [3.63, 3.8) is 0 Å². The Morgan fingerprint density at radius 2 is 1.87 bits per heavy atom. The van der Waals surface area contributed by atoms with E-state index < -0.39 is 5.97 Å². The predicted molar refractivity (Wildman–Crippen MR) is 120 cm³/mol. The van der Waals surface area contributed by atoms with Gasteiger partial charge in [-0.15, -0.1) is 0 Å². The number of hydrogen-bond acceptors (Lipinski definition) is 8. The molecule has 0 atom stereocenters. The summed E-state index contributed by atoms with van der Waals surface area (Å²) in [6, 6.07) is 15.4. The Hall–Kier alpha value is -3.65. The highest BCUT2D eigenvalue weighted by atomic mass is 32.1. The number of aryl methyl sites for hydroxylation is 2. The second-order valence-corrected chi connectivity index (χ2v) is 7.87. The van der Waals surface area contributed by atoms with Gasteiger partial charge in [0.25, 0.3) is 0 Å². The van der Waals surface area contributed by atoms with Crippen LogP contribution in [-0.4, -0.2) is 25.2 Å². The van der Waals surface area contributed by atoms with Crippen LogP contribution >= 0.6 is 11.3 Å². The maximum absolute atomic E-state index is 11.8. The smallest absolute Gasteiger partial charge is 0.350 e. The molecule has 1 N–H and O–H groups in total. The summed E-state index contributed by atoms with van der Waals surface area (Å²) >= 11 is 1.20. The van der Waals surface area contributed by atoms with Crippen molar-refractivity contribution in [3.05, 3.63) is 70.0 Å². The van der Waals surface area contributed by atoms with Gasteiger partial charge >= 0.3 is 5.97 Å². The van der Waals surface area contributed by atoms with Crippen LogP contribution in [0.2, 0.25) is 0 Å². The molecule has 0 aliphatic carbocycles. The molecule has 4 rings (SSSR count). The van der Waals surface area contributed by atoms with E-state index in [1.807, 2.05) is 55.5 Å². The van der Waals surface area contributed by atoms with Crippen molar-refractivity contribution in [1.82, 2.24) is 4.98 Å². The first-order chi connectivity index (χ1) is 15.0. The molecule has 0 saturated heterocycles. The number of benzene rings is 2. The van der Waals surface area contributed by atoms with Gasteiger partial charge in [0.2, 0.25) is 5.13 Å². The highest BCUT2D eigenvalue weighted by Crippen LogP contribution is 2.26.